The molecule has 2 N–H and O–H groups in total. The van der Waals surface area contributed by atoms with Gasteiger partial charge >= 0.3 is 36.3 Å². The number of hydrogen-bond acceptors (Lipinski definition) is 20. The van der Waals surface area contributed by atoms with E-state index in [2.05, 4.69) is 56.1 Å². The summed E-state index contributed by atoms with van der Waals surface area (Å²) in [5, 5.41) is 45.6. The van der Waals surface area contributed by atoms with Crippen molar-refractivity contribution in [3.05, 3.63) is 140 Å². The van der Waals surface area contributed by atoms with Gasteiger partial charge in [0.15, 0.2) is 0 Å². The SMILES string of the molecule is CCCCCCC(C#N)(CCCN(C)C(C)c1cccc(OC(OC(=O)C(=O)OC(Oc2cccc(C(C)N(C)CCCC(C#N)(CCCCCC)c3cccc(OC)c3)c2)C(=O)NCCO[N+](=O)[O-])C(=O)NCCO[N+](=O)[O-])c1)c1cccc(OC)c1. The van der Waals surface area contributed by atoms with Crippen LogP contribution in [0.3, 0.4) is 0 Å². The molecule has 478 valence electrons. The molecule has 24 heteroatoms. The molecule has 0 aliphatic carbocycles. The molecule has 0 fully saturated rings. The van der Waals surface area contributed by atoms with Crippen LogP contribution in [0.2, 0.25) is 0 Å². The Hall–Kier alpha value is -8.74. The largest absolute Gasteiger partial charge is 0.497 e. The molecular weight excluding hydrogens is 1140 g/mol. The topological polar surface area (TPSA) is 307 Å². The molecule has 0 bridgehead atoms. The maximum Gasteiger partial charge on any atom is 0.421 e. The molecule has 0 radical (unpaired) electrons. The maximum atomic E-state index is 13.6. The zero-order valence-corrected chi connectivity index (χ0v) is 51.9. The predicted octanol–water partition coefficient (Wildman–Crippen LogP) is 9.96. The van der Waals surface area contributed by atoms with Gasteiger partial charge in [-0.1, -0.05) is 114 Å². The highest BCUT2D eigenvalue weighted by Crippen LogP contribution is 2.39. The summed E-state index contributed by atoms with van der Waals surface area (Å²) in [6.07, 6.45) is 7.52. The Morgan fingerprint density at radius 3 is 1.26 bits per heavy atom. The minimum Gasteiger partial charge on any atom is -0.497 e. The number of amides is 2. The fourth-order valence-corrected chi connectivity index (χ4v) is 10.1. The number of methoxy groups -OCH3 is 2. The quantitative estimate of drug-likeness (QED) is 0.0104. The van der Waals surface area contributed by atoms with E-state index in [-0.39, 0.29) is 23.6 Å². The molecule has 0 heterocycles. The van der Waals surface area contributed by atoms with E-state index in [0.717, 1.165) is 62.5 Å². The van der Waals surface area contributed by atoms with Gasteiger partial charge in [0, 0.05) is 25.2 Å². The number of carbonyl (C=O) groups excluding carboxylic acids is 4. The number of nitriles is 2. The molecule has 6 atom stereocenters. The highest BCUT2D eigenvalue weighted by molar-refractivity contribution is 6.30. The summed E-state index contributed by atoms with van der Waals surface area (Å²) in [6.45, 7) is 7.23. The van der Waals surface area contributed by atoms with Crippen LogP contribution in [0.4, 0.5) is 0 Å². The predicted molar refractivity (Wildman–Crippen MR) is 324 cm³/mol. The Kier molecular flexibility index (Phi) is 30.8. The van der Waals surface area contributed by atoms with Crippen LogP contribution in [0.5, 0.6) is 23.0 Å². The summed E-state index contributed by atoms with van der Waals surface area (Å²) >= 11 is 0. The molecule has 0 saturated carbocycles. The fraction of sp³-hybridized carbons (Fsp3) is 0.531. The van der Waals surface area contributed by atoms with Crippen LogP contribution in [0.15, 0.2) is 97.1 Å². The van der Waals surface area contributed by atoms with E-state index in [9.17, 15) is 49.9 Å². The van der Waals surface area contributed by atoms with Crippen LogP contribution in [0, 0.1) is 42.9 Å². The molecular formula is C64H86N8O16. The second kappa shape index (κ2) is 37.7. The summed E-state index contributed by atoms with van der Waals surface area (Å²) in [5.41, 5.74) is 1.74. The second-order valence-corrected chi connectivity index (χ2v) is 21.5. The minimum absolute atomic E-state index is 0.00723. The van der Waals surface area contributed by atoms with Crippen molar-refractivity contribution in [2.45, 2.75) is 153 Å². The third-order valence-corrected chi connectivity index (χ3v) is 15.5. The van der Waals surface area contributed by atoms with Gasteiger partial charge in [0.05, 0.1) is 37.2 Å². The van der Waals surface area contributed by atoms with Crippen LogP contribution in [-0.4, -0.2) is 124 Å². The van der Waals surface area contributed by atoms with Crippen molar-refractivity contribution in [1.29, 1.82) is 10.5 Å². The lowest BCUT2D eigenvalue weighted by molar-refractivity contribution is -0.757. The minimum atomic E-state index is -2.22. The highest BCUT2D eigenvalue weighted by Gasteiger charge is 2.36. The van der Waals surface area contributed by atoms with Crippen LogP contribution in [-0.2, 0) is 49.2 Å². The highest BCUT2D eigenvalue weighted by atomic mass is 17.0. The molecule has 4 rings (SSSR count). The summed E-state index contributed by atoms with van der Waals surface area (Å²) in [5.74, 6) is -4.61. The molecule has 0 aromatic heterocycles. The summed E-state index contributed by atoms with van der Waals surface area (Å²) in [7, 11) is 7.04. The van der Waals surface area contributed by atoms with Gasteiger partial charge in [0.1, 0.15) is 36.2 Å². The average Bonchev–Trinajstić information content (AvgIpc) is 3.60. The number of unbranched alkanes of at least 4 members (excludes halogenated alkanes) is 6. The number of ether oxygens (including phenoxy) is 6. The van der Waals surface area contributed by atoms with Crippen molar-refractivity contribution in [2.75, 3.05) is 67.7 Å². The lowest BCUT2D eigenvalue weighted by Crippen LogP contribution is -2.46. The van der Waals surface area contributed by atoms with Crippen molar-refractivity contribution < 1.29 is 67.4 Å². The molecule has 0 aliphatic heterocycles. The van der Waals surface area contributed by atoms with Gasteiger partial charge in [-0.2, -0.15) is 10.5 Å². The first kappa shape index (κ1) is 71.7. The van der Waals surface area contributed by atoms with Gasteiger partial charge in [0.25, 0.3) is 10.2 Å². The van der Waals surface area contributed by atoms with Gasteiger partial charge in [-0.05, 0) is 150 Å². The van der Waals surface area contributed by atoms with Crippen LogP contribution >= 0.6 is 0 Å². The number of hydrogen-bond donors (Lipinski definition) is 2. The van der Waals surface area contributed by atoms with Gasteiger partial charge in [-0.15, -0.1) is 20.2 Å². The van der Waals surface area contributed by atoms with Crippen LogP contribution in [0.25, 0.3) is 0 Å². The molecule has 88 heavy (non-hydrogen) atoms. The molecule has 2 amide bonds. The van der Waals surface area contributed by atoms with Crippen LogP contribution in [0.1, 0.15) is 152 Å². The lowest BCUT2D eigenvalue weighted by atomic mass is 9.74. The van der Waals surface area contributed by atoms with Gasteiger partial charge in [0.2, 0.25) is 0 Å². The maximum absolute atomic E-state index is 13.6. The van der Waals surface area contributed by atoms with Crippen molar-refractivity contribution >= 4 is 23.8 Å². The molecule has 0 aliphatic rings. The van der Waals surface area contributed by atoms with E-state index >= 15 is 0 Å². The molecule has 4 aromatic carbocycles. The number of nitrogens with one attached hydrogen (secondary N) is 2. The zero-order valence-electron chi connectivity index (χ0n) is 51.9. The van der Waals surface area contributed by atoms with E-state index in [1.807, 2.05) is 88.6 Å². The number of esters is 2. The Labute approximate surface area is 515 Å². The normalized spacial score (nSPS) is 13.8. The molecule has 24 nitrogen and oxygen atoms in total. The number of nitrogens with zero attached hydrogens (tertiary/aromatic N) is 6. The number of carbonyl (C=O) groups is 4. The Morgan fingerprint density at radius 1 is 0.545 bits per heavy atom. The first-order valence-electron chi connectivity index (χ1n) is 29.8. The van der Waals surface area contributed by atoms with Gasteiger partial charge in [-0.3, -0.25) is 19.4 Å². The van der Waals surface area contributed by atoms with E-state index in [1.165, 1.54) is 12.1 Å². The van der Waals surface area contributed by atoms with Gasteiger partial charge in [-0.25, -0.2) is 9.59 Å². The molecule has 6 unspecified atom stereocenters. The lowest BCUT2D eigenvalue weighted by Gasteiger charge is -2.30. The Morgan fingerprint density at radius 2 is 0.909 bits per heavy atom. The van der Waals surface area contributed by atoms with E-state index < -0.39 is 83.6 Å². The smallest absolute Gasteiger partial charge is 0.421 e. The third-order valence-electron chi connectivity index (χ3n) is 15.5. The Balaban J connectivity index is 1.51. The van der Waals surface area contributed by atoms with Crippen molar-refractivity contribution in [3.8, 4) is 35.1 Å². The standard InChI is InChI=1S/C64H86N8O16/c1-9-11-13-15-31-63(45-65,51-25-19-27-53(43-51)81-7)33-21-37-69(5)47(3)49-23-17-29-55(41-49)85-61(57(73)67-35-39-83-71(77)78)87-59(75)60(76)88-62(58(74)68-36-40-84-72(79)80)86-56-30-18-24-50(42-56)48(4)70(6)38-22-34-64(46-66,32-16-14-12-10-2)52-26-20-28-54(44-52)82-8/h17-20,23-30,41-44,47-48,61-62H,9-16,21-22,31-40H2,1-8H3,(H,67,73)(H,68,74). The molecule has 4 aromatic rings. The van der Waals surface area contributed by atoms with Crippen molar-refractivity contribution in [1.82, 2.24) is 20.4 Å². The second-order valence-electron chi connectivity index (χ2n) is 21.5. The number of benzene rings is 4. The van der Waals surface area contributed by atoms with E-state index in [1.54, 1.807) is 38.5 Å². The third kappa shape index (κ3) is 23.2. The fourth-order valence-electron chi connectivity index (χ4n) is 10.1. The van der Waals surface area contributed by atoms with E-state index in [4.69, 9.17) is 28.4 Å². The summed E-state index contributed by atoms with van der Waals surface area (Å²) in [4.78, 5) is 88.9. The first-order valence-corrected chi connectivity index (χ1v) is 29.8. The van der Waals surface area contributed by atoms with Crippen molar-refractivity contribution in [3.63, 3.8) is 0 Å². The van der Waals surface area contributed by atoms with Crippen LogP contribution < -0.4 is 29.6 Å². The number of rotatable bonds is 42. The van der Waals surface area contributed by atoms with E-state index in [0.29, 0.717) is 74.2 Å². The summed E-state index contributed by atoms with van der Waals surface area (Å²) < 4.78 is 33.3. The van der Waals surface area contributed by atoms with Crippen molar-refractivity contribution in [2.24, 2.45) is 0 Å². The summed E-state index contributed by atoms with van der Waals surface area (Å²) in [6, 6.07) is 33.1. The molecule has 0 saturated heterocycles. The molecule has 0 spiro atoms. The monoisotopic (exact) mass is 1220 g/mol. The Bertz CT molecular complexity index is 2760. The average molecular weight is 1220 g/mol. The zero-order chi connectivity index (χ0) is 64.5. The van der Waals surface area contributed by atoms with Gasteiger partial charge < -0.3 is 48.7 Å². The first-order chi connectivity index (χ1) is 42.3.